The van der Waals surface area contributed by atoms with Gasteiger partial charge < -0.3 is 4.98 Å². The molecule has 0 saturated carbocycles. The SMILES string of the molecule is Cc1cccc(-n2c(C=Cc3c[nH]c4ccccc34)nc3ccc(I)cc3c2=O)c1. The Bertz CT molecular complexity index is 1490. The van der Waals surface area contributed by atoms with Crippen molar-refractivity contribution in [3.05, 3.63) is 104 Å². The van der Waals surface area contributed by atoms with Gasteiger partial charge in [-0.15, -0.1) is 0 Å². The molecule has 2 heterocycles. The van der Waals surface area contributed by atoms with Crippen LogP contribution in [0.15, 0.2) is 77.7 Å². The monoisotopic (exact) mass is 503 g/mol. The quantitative estimate of drug-likeness (QED) is 0.310. The Hall–Kier alpha value is -3.19. The molecule has 5 aromatic rings. The van der Waals surface area contributed by atoms with E-state index in [4.69, 9.17) is 4.98 Å². The van der Waals surface area contributed by atoms with E-state index in [0.717, 1.165) is 31.3 Å². The molecule has 0 radical (unpaired) electrons. The minimum absolute atomic E-state index is 0.0670. The van der Waals surface area contributed by atoms with E-state index in [-0.39, 0.29) is 5.56 Å². The lowest BCUT2D eigenvalue weighted by atomic mass is 10.1. The number of H-pyrrole nitrogens is 1. The third kappa shape index (κ3) is 3.35. The second kappa shape index (κ2) is 7.57. The van der Waals surface area contributed by atoms with E-state index < -0.39 is 0 Å². The summed E-state index contributed by atoms with van der Waals surface area (Å²) in [5.74, 6) is 0.601. The van der Waals surface area contributed by atoms with Crippen molar-refractivity contribution in [2.45, 2.75) is 6.92 Å². The molecule has 0 amide bonds. The highest BCUT2D eigenvalue weighted by atomic mass is 127. The van der Waals surface area contributed by atoms with Gasteiger partial charge >= 0.3 is 0 Å². The van der Waals surface area contributed by atoms with Gasteiger partial charge in [0.05, 0.1) is 16.6 Å². The largest absolute Gasteiger partial charge is 0.361 e. The molecule has 0 aliphatic heterocycles. The van der Waals surface area contributed by atoms with Crippen molar-refractivity contribution in [2.24, 2.45) is 0 Å². The average molecular weight is 503 g/mol. The molecule has 0 saturated heterocycles. The van der Waals surface area contributed by atoms with E-state index in [1.165, 1.54) is 0 Å². The first-order valence-electron chi connectivity index (χ1n) is 9.64. The number of rotatable bonds is 3. The van der Waals surface area contributed by atoms with Crippen molar-refractivity contribution >= 4 is 56.5 Å². The zero-order valence-corrected chi connectivity index (χ0v) is 18.4. The second-order valence-corrected chi connectivity index (χ2v) is 8.48. The molecule has 0 spiro atoms. The van der Waals surface area contributed by atoms with Crippen LogP contribution in [0.2, 0.25) is 0 Å². The van der Waals surface area contributed by atoms with Gasteiger partial charge in [0, 0.05) is 20.7 Å². The van der Waals surface area contributed by atoms with Gasteiger partial charge in [0.2, 0.25) is 0 Å². The summed E-state index contributed by atoms with van der Waals surface area (Å²) in [6.07, 6.45) is 5.89. The van der Waals surface area contributed by atoms with Gasteiger partial charge in [0.1, 0.15) is 5.82 Å². The molecular weight excluding hydrogens is 485 g/mol. The molecule has 3 aromatic carbocycles. The molecule has 0 fully saturated rings. The Kier molecular flexibility index (Phi) is 4.75. The van der Waals surface area contributed by atoms with E-state index in [1.54, 1.807) is 4.57 Å². The van der Waals surface area contributed by atoms with Gasteiger partial charge in [-0.3, -0.25) is 9.36 Å². The molecule has 1 N–H and O–H groups in total. The van der Waals surface area contributed by atoms with Gasteiger partial charge in [0.15, 0.2) is 0 Å². The number of aryl methyl sites for hydroxylation is 1. The van der Waals surface area contributed by atoms with Crippen LogP contribution in [0, 0.1) is 10.5 Å². The fourth-order valence-electron chi connectivity index (χ4n) is 3.70. The molecule has 5 rings (SSSR count). The lowest BCUT2D eigenvalue weighted by molar-refractivity contribution is 0.942. The summed E-state index contributed by atoms with van der Waals surface area (Å²) in [6.45, 7) is 2.02. The van der Waals surface area contributed by atoms with Crippen molar-refractivity contribution in [1.82, 2.24) is 14.5 Å². The topological polar surface area (TPSA) is 50.7 Å². The number of benzene rings is 3. The van der Waals surface area contributed by atoms with Gasteiger partial charge in [-0.05, 0) is 89.2 Å². The Morgan fingerprint density at radius 1 is 0.967 bits per heavy atom. The van der Waals surface area contributed by atoms with Crippen LogP contribution < -0.4 is 5.56 Å². The maximum Gasteiger partial charge on any atom is 0.266 e. The van der Waals surface area contributed by atoms with Crippen molar-refractivity contribution in [1.29, 1.82) is 0 Å². The molecule has 2 aromatic heterocycles. The number of hydrogen-bond donors (Lipinski definition) is 1. The van der Waals surface area contributed by atoms with E-state index >= 15 is 0 Å². The molecule has 4 nitrogen and oxygen atoms in total. The number of nitrogens with zero attached hydrogens (tertiary/aromatic N) is 2. The van der Waals surface area contributed by atoms with Crippen LogP contribution >= 0.6 is 22.6 Å². The van der Waals surface area contributed by atoms with Gasteiger partial charge in [-0.1, -0.05) is 30.3 Å². The normalized spacial score (nSPS) is 11.7. The number of aromatic nitrogens is 3. The fraction of sp³-hybridized carbons (Fsp3) is 0.0400. The van der Waals surface area contributed by atoms with Crippen molar-refractivity contribution in [3.8, 4) is 5.69 Å². The maximum atomic E-state index is 13.5. The molecule has 0 atom stereocenters. The highest BCUT2D eigenvalue weighted by Crippen LogP contribution is 2.21. The fourth-order valence-corrected chi connectivity index (χ4v) is 4.19. The third-order valence-electron chi connectivity index (χ3n) is 5.15. The first-order valence-corrected chi connectivity index (χ1v) is 10.7. The summed E-state index contributed by atoms with van der Waals surface area (Å²) >= 11 is 2.22. The van der Waals surface area contributed by atoms with Gasteiger partial charge in [-0.25, -0.2) is 4.98 Å². The summed E-state index contributed by atoms with van der Waals surface area (Å²) in [4.78, 5) is 21.6. The highest BCUT2D eigenvalue weighted by Gasteiger charge is 2.12. The predicted molar refractivity (Wildman–Crippen MR) is 132 cm³/mol. The molecular formula is C25H18IN3O. The molecule has 0 aliphatic rings. The summed E-state index contributed by atoms with van der Waals surface area (Å²) < 4.78 is 2.70. The molecule has 146 valence electrons. The van der Waals surface area contributed by atoms with Crippen LogP contribution in [0.25, 0.3) is 39.6 Å². The van der Waals surface area contributed by atoms with E-state index in [0.29, 0.717) is 16.7 Å². The smallest absolute Gasteiger partial charge is 0.266 e. The van der Waals surface area contributed by atoms with E-state index in [1.807, 2.05) is 85.9 Å². The number of halogens is 1. The van der Waals surface area contributed by atoms with Crippen LogP contribution in [0.1, 0.15) is 17.0 Å². The van der Waals surface area contributed by atoms with Crippen molar-refractivity contribution in [3.63, 3.8) is 0 Å². The number of nitrogens with one attached hydrogen (secondary N) is 1. The number of aromatic amines is 1. The van der Waals surface area contributed by atoms with Crippen LogP contribution in [-0.4, -0.2) is 14.5 Å². The molecule has 5 heteroatoms. The number of para-hydroxylation sites is 1. The average Bonchev–Trinajstić information content (AvgIpc) is 3.16. The lowest BCUT2D eigenvalue weighted by Crippen LogP contribution is -2.22. The molecule has 30 heavy (non-hydrogen) atoms. The van der Waals surface area contributed by atoms with Crippen molar-refractivity contribution < 1.29 is 0 Å². The minimum atomic E-state index is -0.0670. The zero-order valence-electron chi connectivity index (χ0n) is 16.3. The molecule has 0 bridgehead atoms. The first-order chi connectivity index (χ1) is 14.6. The van der Waals surface area contributed by atoms with Gasteiger partial charge in [-0.2, -0.15) is 0 Å². The highest BCUT2D eigenvalue weighted by molar-refractivity contribution is 14.1. The Labute approximate surface area is 187 Å². The Balaban J connectivity index is 1.75. The predicted octanol–water partition coefficient (Wildman–Crippen LogP) is 5.95. The molecule has 0 unspecified atom stereocenters. The first kappa shape index (κ1) is 18.8. The minimum Gasteiger partial charge on any atom is -0.361 e. The summed E-state index contributed by atoms with van der Waals surface area (Å²) in [6, 6.07) is 21.9. The number of fused-ring (bicyclic) bond motifs is 2. The Morgan fingerprint density at radius 2 is 1.83 bits per heavy atom. The lowest BCUT2D eigenvalue weighted by Gasteiger charge is -2.12. The molecule has 0 aliphatic carbocycles. The van der Waals surface area contributed by atoms with E-state index in [2.05, 4.69) is 33.6 Å². The summed E-state index contributed by atoms with van der Waals surface area (Å²) in [7, 11) is 0. The van der Waals surface area contributed by atoms with Crippen LogP contribution in [0.3, 0.4) is 0 Å². The zero-order chi connectivity index (χ0) is 20.7. The van der Waals surface area contributed by atoms with Gasteiger partial charge in [0.25, 0.3) is 5.56 Å². The van der Waals surface area contributed by atoms with Crippen LogP contribution in [0.4, 0.5) is 0 Å². The summed E-state index contributed by atoms with van der Waals surface area (Å²) in [5.41, 5.74) is 4.67. The standard InChI is InChI=1S/C25H18IN3O/c1-16-5-4-6-19(13-16)29-24(28-23-11-10-18(26)14-21(23)25(29)30)12-9-17-15-27-22-8-3-2-7-20(17)22/h2-15,27H,1H3. The Morgan fingerprint density at radius 3 is 2.70 bits per heavy atom. The third-order valence-corrected chi connectivity index (χ3v) is 5.82. The second-order valence-electron chi connectivity index (χ2n) is 7.23. The number of hydrogen-bond acceptors (Lipinski definition) is 2. The van der Waals surface area contributed by atoms with Crippen LogP contribution in [0.5, 0.6) is 0 Å². The van der Waals surface area contributed by atoms with Crippen molar-refractivity contribution in [2.75, 3.05) is 0 Å². The summed E-state index contributed by atoms with van der Waals surface area (Å²) in [5, 5.41) is 1.75. The maximum absolute atomic E-state index is 13.5. The van der Waals surface area contributed by atoms with E-state index in [9.17, 15) is 4.79 Å². The van der Waals surface area contributed by atoms with Crippen LogP contribution in [-0.2, 0) is 0 Å².